The quantitative estimate of drug-likeness (QED) is 0.421. The molecule has 5 aromatic rings. The first-order chi connectivity index (χ1) is 15.4. The molecule has 0 spiro atoms. The Labute approximate surface area is 184 Å². The highest BCUT2D eigenvalue weighted by Crippen LogP contribution is 2.35. The Kier molecular flexibility index (Phi) is 4.71. The summed E-state index contributed by atoms with van der Waals surface area (Å²) in [6.45, 7) is 2.00. The molecule has 0 aliphatic rings. The van der Waals surface area contributed by atoms with Crippen molar-refractivity contribution in [2.75, 3.05) is 5.73 Å². The van der Waals surface area contributed by atoms with Crippen LogP contribution in [0.1, 0.15) is 11.1 Å². The number of aromatic nitrogens is 3. The van der Waals surface area contributed by atoms with Crippen molar-refractivity contribution in [2.24, 2.45) is 5.10 Å². The van der Waals surface area contributed by atoms with Crippen LogP contribution >= 0.6 is 0 Å². The highest BCUT2D eigenvalue weighted by molar-refractivity contribution is 7.92. The van der Waals surface area contributed by atoms with Gasteiger partial charge in [-0.2, -0.15) is 9.78 Å². The molecule has 0 radical (unpaired) electrons. The van der Waals surface area contributed by atoms with E-state index in [1.165, 1.54) is 16.8 Å². The monoisotopic (exact) mass is 441 g/mol. The van der Waals surface area contributed by atoms with Crippen LogP contribution in [0.3, 0.4) is 0 Å². The molecule has 0 saturated carbocycles. The maximum Gasteiger partial charge on any atom is 0.212 e. The van der Waals surface area contributed by atoms with Gasteiger partial charge < -0.3 is 5.73 Å². The van der Waals surface area contributed by atoms with Crippen LogP contribution in [0.4, 0.5) is 5.82 Å². The molecule has 0 aliphatic heterocycles. The van der Waals surface area contributed by atoms with Gasteiger partial charge in [0.25, 0.3) is 0 Å². The van der Waals surface area contributed by atoms with Gasteiger partial charge in [-0.15, -0.1) is 0 Å². The minimum absolute atomic E-state index is 0.0393. The Hall–Kier alpha value is -4.04. The third-order valence-corrected chi connectivity index (χ3v) is 6.98. The number of benzene rings is 3. The zero-order valence-electron chi connectivity index (χ0n) is 17.2. The Balaban J connectivity index is 1.79. The van der Waals surface area contributed by atoms with Crippen LogP contribution in [-0.2, 0) is 9.84 Å². The van der Waals surface area contributed by atoms with E-state index in [2.05, 4.69) is 15.1 Å². The van der Waals surface area contributed by atoms with Crippen LogP contribution in [0.5, 0.6) is 0 Å². The van der Waals surface area contributed by atoms with E-state index in [0.29, 0.717) is 11.0 Å². The van der Waals surface area contributed by atoms with Crippen molar-refractivity contribution in [3.63, 3.8) is 0 Å². The highest BCUT2D eigenvalue weighted by atomic mass is 32.2. The topological polar surface area (TPSA) is 103 Å². The fraction of sp³-hybridized carbons (Fsp3) is 0.0417. The molecule has 0 atom stereocenters. The maximum absolute atomic E-state index is 13.5. The van der Waals surface area contributed by atoms with Crippen LogP contribution in [0.2, 0.25) is 0 Å². The number of nitrogens with two attached hydrogens (primary N) is 1. The summed E-state index contributed by atoms with van der Waals surface area (Å²) in [6, 6.07) is 23.2. The summed E-state index contributed by atoms with van der Waals surface area (Å²) in [4.78, 5) is 9.27. The Morgan fingerprint density at radius 1 is 0.875 bits per heavy atom. The number of aryl methyl sites for hydroxylation is 1. The average Bonchev–Trinajstić information content (AvgIpc) is 3.08. The van der Waals surface area contributed by atoms with Gasteiger partial charge in [-0.3, -0.25) is 0 Å². The summed E-state index contributed by atoms with van der Waals surface area (Å²) in [5.41, 5.74) is 10.0. The smallest absolute Gasteiger partial charge is 0.212 e. The number of sulfone groups is 1. The first-order valence-corrected chi connectivity index (χ1v) is 11.4. The largest absolute Gasteiger partial charge is 0.382 e. The molecule has 2 aromatic heterocycles. The lowest BCUT2D eigenvalue weighted by Gasteiger charge is -2.04. The Morgan fingerprint density at radius 3 is 2.19 bits per heavy atom. The minimum atomic E-state index is -3.95. The van der Waals surface area contributed by atoms with Gasteiger partial charge in [0.2, 0.25) is 9.84 Å². The zero-order valence-corrected chi connectivity index (χ0v) is 18.0. The predicted molar refractivity (Wildman–Crippen MR) is 126 cm³/mol. The molecule has 8 heteroatoms. The van der Waals surface area contributed by atoms with Gasteiger partial charge >= 0.3 is 0 Å². The second-order valence-electron chi connectivity index (χ2n) is 7.38. The first-order valence-electron chi connectivity index (χ1n) is 9.93. The number of hydrogen-bond acceptors (Lipinski definition) is 6. The maximum atomic E-state index is 13.5. The Bertz CT molecular complexity index is 1590. The predicted octanol–water partition coefficient (Wildman–Crippen LogP) is 4.19. The lowest BCUT2D eigenvalue weighted by atomic mass is 10.2. The van der Waals surface area contributed by atoms with Crippen molar-refractivity contribution in [2.45, 2.75) is 16.7 Å². The molecule has 158 valence electrons. The standard InChI is InChI=1S/C24H19N5O2S/c1-16-11-13-17(14-12-16)15-26-29-23(25)22(32(30,31)18-7-3-2-4-8-18)21-24(29)28-20-10-6-5-9-19(20)27-21/h2-15H,25H2,1H3/b26-15+. The number of fused-ring (bicyclic) bond motifs is 2. The van der Waals surface area contributed by atoms with Gasteiger partial charge in [0.15, 0.2) is 5.65 Å². The molecule has 3 aromatic carbocycles. The molecule has 0 amide bonds. The number of nitrogens with zero attached hydrogens (tertiary/aromatic N) is 4. The first kappa shape index (κ1) is 19.9. The molecule has 5 rings (SSSR count). The van der Waals surface area contributed by atoms with Gasteiger partial charge in [0.05, 0.1) is 22.1 Å². The molecule has 2 N–H and O–H groups in total. The summed E-state index contributed by atoms with van der Waals surface area (Å²) < 4.78 is 28.4. The van der Waals surface area contributed by atoms with Crippen LogP contribution in [0, 0.1) is 6.92 Å². The SMILES string of the molecule is Cc1ccc(/C=N/n2c(N)c(S(=O)(=O)c3ccccc3)c3nc4ccccc4nc32)cc1. The normalized spacial score (nSPS) is 12.2. The fourth-order valence-corrected chi connectivity index (χ4v) is 5.00. The number of para-hydroxylation sites is 2. The van der Waals surface area contributed by atoms with Crippen molar-refractivity contribution >= 4 is 44.1 Å². The summed E-state index contributed by atoms with van der Waals surface area (Å²) >= 11 is 0. The minimum Gasteiger partial charge on any atom is -0.382 e. The summed E-state index contributed by atoms with van der Waals surface area (Å²) in [5.74, 6) is -0.0393. The molecule has 2 heterocycles. The van der Waals surface area contributed by atoms with Crippen LogP contribution < -0.4 is 5.73 Å². The second-order valence-corrected chi connectivity index (χ2v) is 9.27. The number of nitrogen functional groups attached to an aromatic ring is 1. The van der Waals surface area contributed by atoms with E-state index in [4.69, 9.17) is 5.73 Å². The molecule has 7 nitrogen and oxygen atoms in total. The molecule has 0 fully saturated rings. The number of hydrogen-bond donors (Lipinski definition) is 1. The number of anilines is 1. The van der Waals surface area contributed by atoms with E-state index < -0.39 is 9.84 Å². The van der Waals surface area contributed by atoms with Gasteiger partial charge in [0.1, 0.15) is 16.2 Å². The van der Waals surface area contributed by atoms with Crippen molar-refractivity contribution in [3.8, 4) is 0 Å². The lowest BCUT2D eigenvalue weighted by Crippen LogP contribution is -2.06. The van der Waals surface area contributed by atoms with Crippen molar-refractivity contribution < 1.29 is 8.42 Å². The van der Waals surface area contributed by atoms with E-state index in [1.54, 1.807) is 30.5 Å². The van der Waals surface area contributed by atoms with Crippen molar-refractivity contribution in [3.05, 3.63) is 90.0 Å². The Morgan fingerprint density at radius 2 is 1.50 bits per heavy atom. The molecule has 32 heavy (non-hydrogen) atoms. The lowest BCUT2D eigenvalue weighted by molar-refractivity contribution is 0.597. The molecule has 0 aliphatic carbocycles. The van der Waals surface area contributed by atoms with E-state index in [1.807, 2.05) is 49.4 Å². The fourth-order valence-electron chi connectivity index (χ4n) is 3.50. The van der Waals surface area contributed by atoms with Gasteiger partial charge in [-0.1, -0.05) is 60.2 Å². The van der Waals surface area contributed by atoms with E-state index >= 15 is 0 Å². The van der Waals surface area contributed by atoms with E-state index in [9.17, 15) is 8.42 Å². The van der Waals surface area contributed by atoms with Gasteiger partial charge in [0, 0.05) is 0 Å². The summed E-state index contributed by atoms with van der Waals surface area (Å²) in [7, 11) is -3.95. The highest BCUT2D eigenvalue weighted by Gasteiger charge is 2.30. The van der Waals surface area contributed by atoms with Crippen LogP contribution in [-0.4, -0.2) is 29.3 Å². The third-order valence-electron chi connectivity index (χ3n) is 5.15. The number of rotatable bonds is 4. The van der Waals surface area contributed by atoms with Crippen molar-refractivity contribution in [1.29, 1.82) is 0 Å². The second kappa shape index (κ2) is 7.58. The summed E-state index contributed by atoms with van der Waals surface area (Å²) in [6.07, 6.45) is 1.62. The van der Waals surface area contributed by atoms with E-state index in [-0.39, 0.29) is 26.8 Å². The van der Waals surface area contributed by atoms with Gasteiger partial charge in [-0.05, 0) is 36.8 Å². The van der Waals surface area contributed by atoms with Crippen molar-refractivity contribution in [1.82, 2.24) is 14.6 Å². The van der Waals surface area contributed by atoms with E-state index in [0.717, 1.165) is 11.1 Å². The van der Waals surface area contributed by atoms with Gasteiger partial charge in [-0.25, -0.2) is 18.4 Å². The summed E-state index contributed by atoms with van der Waals surface area (Å²) in [5, 5.41) is 4.47. The van der Waals surface area contributed by atoms with Crippen LogP contribution in [0.15, 0.2) is 93.8 Å². The molecule has 0 saturated heterocycles. The molecular formula is C24H19N5O2S. The molecule has 0 bridgehead atoms. The third kappa shape index (κ3) is 3.30. The van der Waals surface area contributed by atoms with Crippen LogP contribution in [0.25, 0.3) is 22.2 Å². The average molecular weight is 442 g/mol. The zero-order chi connectivity index (χ0) is 22.3. The molecule has 0 unspecified atom stereocenters. The molecular weight excluding hydrogens is 422 g/mol.